The highest BCUT2D eigenvalue weighted by atomic mass is 35.5. The maximum Gasteiger partial charge on any atom is 0.291 e. The molecule has 1 aromatic heterocycles. The number of rotatable bonds is 1. The molecule has 0 spiro atoms. The average Bonchev–Trinajstić information content (AvgIpc) is 2.60. The van der Waals surface area contributed by atoms with Gasteiger partial charge >= 0.3 is 0 Å². The molecule has 2 N–H and O–H groups in total. The molecule has 1 aliphatic heterocycles. The molecule has 1 aromatic rings. The maximum absolute atomic E-state index is 12.4. The van der Waals surface area contributed by atoms with Crippen molar-refractivity contribution in [3.63, 3.8) is 0 Å². The maximum atomic E-state index is 12.4. The van der Waals surface area contributed by atoms with Crippen LogP contribution in [-0.2, 0) is 0 Å². The largest absolute Gasteiger partial charge is 0.436 e. The SMILES string of the molecule is Cc1nc(C)c(C(=O)N2CCC(N)C(C)(C)C2)o1.Cl. The van der Waals surface area contributed by atoms with E-state index in [0.717, 1.165) is 6.42 Å². The second-order valence-corrected chi connectivity index (χ2v) is 5.76. The number of oxazole rings is 1. The molecule has 1 aliphatic rings. The summed E-state index contributed by atoms with van der Waals surface area (Å²) in [6.45, 7) is 9.07. The predicted molar refractivity (Wildman–Crippen MR) is 75.5 cm³/mol. The molecule has 1 atom stereocenters. The zero-order chi connectivity index (χ0) is 13.5. The number of likely N-dealkylation sites (tertiary alicyclic amines) is 1. The third-order valence-electron chi connectivity index (χ3n) is 3.70. The lowest BCUT2D eigenvalue weighted by atomic mass is 9.79. The van der Waals surface area contributed by atoms with Crippen molar-refractivity contribution in [3.8, 4) is 0 Å². The summed E-state index contributed by atoms with van der Waals surface area (Å²) >= 11 is 0. The van der Waals surface area contributed by atoms with Crippen LogP contribution in [0.2, 0.25) is 0 Å². The van der Waals surface area contributed by atoms with Gasteiger partial charge < -0.3 is 15.1 Å². The first-order valence-corrected chi connectivity index (χ1v) is 6.30. The van der Waals surface area contributed by atoms with Gasteiger partial charge in [-0.2, -0.15) is 0 Å². The summed E-state index contributed by atoms with van der Waals surface area (Å²) in [6.07, 6.45) is 0.824. The third kappa shape index (κ3) is 3.09. The molecule has 19 heavy (non-hydrogen) atoms. The molecule has 1 unspecified atom stereocenters. The van der Waals surface area contributed by atoms with Gasteiger partial charge in [-0.1, -0.05) is 13.8 Å². The van der Waals surface area contributed by atoms with Gasteiger partial charge in [0.05, 0.1) is 5.69 Å². The van der Waals surface area contributed by atoms with E-state index in [4.69, 9.17) is 10.2 Å². The molecule has 2 heterocycles. The second kappa shape index (κ2) is 5.51. The summed E-state index contributed by atoms with van der Waals surface area (Å²) in [4.78, 5) is 18.3. The zero-order valence-corrected chi connectivity index (χ0v) is 12.7. The number of carbonyl (C=O) groups excluding carboxylic acids is 1. The standard InChI is InChI=1S/C13H21N3O2.ClH/c1-8-11(18-9(2)15-8)12(17)16-6-5-10(14)13(3,4)7-16;/h10H,5-7,14H2,1-4H3;1H. The molecule has 0 aliphatic carbocycles. The molecule has 2 rings (SSSR count). The number of nitrogens with two attached hydrogens (primary N) is 1. The van der Waals surface area contributed by atoms with E-state index in [2.05, 4.69) is 18.8 Å². The fourth-order valence-electron chi connectivity index (χ4n) is 2.42. The molecule has 0 bridgehead atoms. The molecule has 1 amide bonds. The van der Waals surface area contributed by atoms with Crippen molar-refractivity contribution >= 4 is 18.3 Å². The van der Waals surface area contributed by atoms with Crippen LogP contribution in [0.3, 0.4) is 0 Å². The van der Waals surface area contributed by atoms with Crippen LogP contribution in [0.5, 0.6) is 0 Å². The normalized spacial score (nSPS) is 21.9. The number of halogens is 1. The minimum atomic E-state index is -0.0759. The number of aryl methyl sites for hydroxylation is 2. The summed E-state index contributed by atoms with van der Waals surface area (Å²) in [5.74, 6) is 0.815. The van der Waals surface area contributed by atoms with Crippen LogP contribution in [0.15, 0.2) is 4.42 Å². The highest BCUT2D eigenvalue weighted by Crippen LogP contribution is 2.29. The number of aromatic nitrogens is 1. The summed E-state index contributed by atoms with van der Waals surface area (Å²) in [6, 6.07) is 0.138. The van der Waals surface area contributed by atoms with Gasteiger partial charge in [0.15, 0.2) is 5.89 Å². The van der Waals surface area contributed by atoms with Crippen molar-refractivity contribution in [1.29, 1.82) is 0 Å². The van der Waals surface area contributed by atoms with Crippen LogP contribution in [0, 0.1) is 19.3 Å². The molecule has 1 saturated heterocycles. The Balaban J connectivity index is 0.00000180. The first kappa shape index (κ1) is 16.0. The minimum absolute atomic E-state index is 0. The lowest BCUT2D eigenvalue weighted by molar-refractivity contribution is 0.0501. The Labute approximate surface area is 120 Å². The molecule has 0 radical (unpaired) electrons. The topological polar surface area (TPSA) is 72.4 Å². The summed E-state index contributed by atoms with van der Waals surface area (Å²) < 4.78 is 5.39. The van der Waals surface area contributed by atoms with Gasteiger partial charge in [0.25, 0.3) is 5.91 Å². The van der Waals surface area contributed by atoms with E-state index in [1.807, 2.05) is 4.90 Å². The van der Waals surface area contributed by atoms with Crippen molar-refractivity contribution in [2.75, 3.05) is 13.1 Å². The Morgan fingerprint density at radius 2 is 2.11 bits per heavy atom. The molecular weight excluding hydrogens is 266 g/mol. The van der Waals surface area contributed by atoms with Crippen molar-refractivity contribution in [2.45, 2.75) is 40.2 Å². The van der Waals surface area contributed by atoms with E-state index in [-0.39, 0.29) is 29.8 Å². The molecule has 0 aromatic carbocycles. The molecule has 0 saturated carbocycles. The lowest BCUT2D eigenvalue weighted by Gasteiger charge is -2.42. The number of hydrogen-bond donors (Lipinski definition) is 1. The smallest absolute Gasteiger partial charge is 0.291 e. The van der Waals surface area contributed by atoms with Crippen LogP contribution in [0.4, 0.5) is 0 Å². The number of hydrogen-bond acceptors (Lipinski definition) is 4. The highest BCUT2D eigenvalue weighted by molar-refractivity contribution is 5.92. The van der Waals surface area contributed by atoms with E-state index in [1.165, 1.54) is 0 Å². The van der Waals surface area contributed by atoms with Gasteiger partial charge in [-0.15, -0.1) is 12.4 Å². The molecule has 6 heteroatoms. The third-order valence-corrected chi connectivity index (χ3v) is 3.70. The summed E-state index contributed by atoms with van der Waals surface area (Å²) in [5.41, 5.74) is 6.67. The van der Waals surface area contributed by atoms with Gasteiger partial charge in [-0.25, -0.2) is 4.98 Å². The number of piperidine rings is 1. The first-order chi connectivity index (χ1) is 8.31. The van der Waals surface area contributed by atoms with Crippen LogP contribution in [-0.4, -0.2) is 34.9 Å². The van der Waals surface area contributed by atoms with E-state index in [0.29, 0.717) is 30.4 Å². The van der Waals surface area contributed by atoms with Crippen LogP contribution < -0.4 is 5.73 Å². The lowest BCUT2D eigenvalue weighted by Crippen LogP contribution is -2.54. The van der Waals surface area contributed by atoms with Gasteiger partial charge in [0, 0.05) is 26.1 Å². The monoisotopic (exact) mass is 287 g/mol. The summed E-state index contributed by atoms with van der Waals surface area (Å²) in [5, 5.41) is 0. The van der Waals surface area contributed by atoms with Gasteiger partial charge in [0.1, 0.15) is 0 Å². The van der Waals surface area contributed by atoms with E-state index in [1.54, 1.807) is 13.8 Å². The quantitative estimate of drug-likeness (QED) is 0.856. The van der Waals surface area contributed by atoms with Gasteiger partial charge in [0.2, 0.25) is 5.76 Å². The molecule has 108 valence electrons. The van der Waals surface area contributed by atoms with E-state index < -0.39 is 0 Å². The van der Waals surface area contributed by atoms with Crippen molar-refractivity contribution in [2.24, 2.45) is 11.1 Å². The van der Waals surface area contributed by atoms with E-state index in [9.17, 15) is 4.79 Å². The Morgan fingerprint density at radius 3 is 2.58 bits per heavy atom. The molecular formula is C13H22ClN3O2. The molecule has 1 fully saturated rings. The Morgan fingerprint density at radius 1 is 1.47 bits per heavy atom. The Bertz CT molecular complexity index is 470. The number of amides is 1. The minimum Gasteiger partial charge on any atom is -0.436 e. The average molecular weight is 288 g/mol. The van der Waals surface area contributed by atoms with Gasteiger partial charge in [-0.05, 0) is 18.8 Å². The highest BCUT2D eigenvalue weighted by Gasteiger charge is 2.36. The fraction of sp³-hybridized carbons (Fsp3) is 0.692. The predicted octanol–water partition coefficient (Wildman–Crippen LogP) is 1.91. The Kier molecular flexibility index (Phi) is 4.63. The van der Waals surface area contributed by atoms with Crippen molar-refractivity contribution in [3.05, 3.63) is 17.3 Å². The van der Waals surface area contributed by atoms with Crippen molar-refractivity contribution < 1.29 is 9.21 Å². The van der Waals surface area contributed by atoms with Crippen LogP contribution >= 0.6 is 12.4 Å². The fourth-order valence-corrected chi connectivity index (χ4v) is 2.42. The molecule has 5 nitrogen and oxygen atoms in total. The van der Waals surface area contributed by atoms with Crippen molar-refractivity contribution in [1.82, 2.24) is 9.88 Å². The number of carbonyl (C=O) groups is 1. The van der Waals surface area contributed by atoms with Crippen LogP contribution in [0.1, 0.15) is 42.4 Å². The van der Waals surface area contributed by atoms with Gasteiger partial charge in [-0.3, -0.25) is 4.79 Å². The first-order valence-electron chi connectivity index (χ1n) is 6.30. The second-order valence-electron chi connectivity index (χ2n) is 5.76. The summed E-state index contributed by atoms with van der Waals surface area (Å²) in [7, 11) is 0. The number of nitrogens with zero attached hydrogens (tertiary/aromatic N) is 2. The van der Waals surface area contributed by atoms with Crippen LogP contribution in [0.25, 0.3) is 0 Å². The van der Waals surface area contributed by atoms with E-state index >= 15 is 0 Å². The zero-order valence-electron chi connectivity index (χ0n) is 11.9. The Hall–Kier alpha value is -1.07.